The van der Waals surface area contributed by atoms with E-state index in [0.717, 1.165) is 15.4 Å². The Morgan fingerprint density at radius 2 is 1.56 bits per heavy atom. The van der Waals surface area contributed by atoms with Crippen molar-refractivity contribution in [2.24, 2.45) is 5.92 Å². The molecule has 4 aromatic rings. The second-order valence-corrected chi connectivity index (χ2v) is 14.4. The summed E-state index contributed by atoms with van der Waals surface area (Å²) in [5.74, 6) is -0.694. The third-order valence-corrected chi connectivity index (χ3v) is 9.89. The Morgan fingerprint density at radius 1 is 0.889 bits per heavy atom. The van der Waals surface area contributed by atoms with Gasteiger partial charge in [0.25, 0.3) is 10.0 Å². The largest absolute Gasteiger partial charge is 0.354 e. The maximum absolute atomic E-state index is 14.5. The first-order valence-electron chi connectivity index (χ1n) is 14.6. The van der Waals surface area contributed by atoms with Gasteiger partial charge in [-0.15, -0.1) is 0 Å². The van der Waals surface area contributed by atoms with Gasteiger partial charge >= 0.3 is 0 Å². The van der Waals surface area contributed by atoms with Crippen molar-refractivity contribution in [3.05, 3.63) is 129 Å². The highest BCUT2D eigenvalue weighted by Crippen LogP contribution is 2.28. The summed E-state index contributed by atoms with van der Waals surface area (Å²) in [6.45, 7) is 5.73. The molecule has 0 unspecified atom stereocenters. The zero-order chi connectivity index (χ0) is 32.6. The molecule has 1 N–H and O–H groups in total. The highest BCUT2D eigenvalue weighted by Gasteiger charge is 2.35. The fourth-order valence-electron chi connectivity index (χ4n) is 4.78. The Kier molecular flexibility index (Phi) is 11.8. The van der Waals surface area contributed by atoms with E-state index in [1.165, 1.54) is 17.0 Å². The zero-order valence-electron chi connectivity index (χ0n) is 25.5. The summed E-state index contributed by atoms with van der Waals surface area (Å²) < 4.78 is 30.0. The van der Waals surface area contributed by atoms with E-state index >= 15 is 0 Å². The van der Waals surface area contributed by atoms with Gasteiger partial charge in [-0.3, -0.25) is 13.9 Å². The number of nitrogens with zero attached hydrogens (tertiary/aromatic N) is 2. The molecule has 4 aromatic carbocycles. The van der Waals surface area contributed by atoms with Crippen molar-refractivity contribution in [2.45, 2.75) is 44.7 Å². The second-order valence-electron chi connectivity index (χ2n) is 11.3. The maximum Gasteiger partial charge on any atom is 0.264 e. The summed E-state index contributed by atoms with van der Waals surface area (Å²) in [4.78, 5) is 29.9. The van der Waals surface area contributed by atoms with E-state index in [4.69, 9.17) is 11.6 Å². The highest BCUT2D eigenvalue weighted by molar-refractivity contribution is 9.10. The Bertz CT molecular complexity index is 1720. The standard InChI is InChI=1S/C35H37BrClN3O4S/c1-25(2)22-38-35(42)33(20-27-10-5-4-6-11-27)39(23-28-12-7-8-15-32(28)37)34(41)24-40(30-14-9-13-29(36)21-30)45(43,44)31-18-16-26(3)17-19-31/h4-19,21,25,33H,20,22-24H2,1-3H3,(H,38,42)/t33-/m0/s1. The molecule has 45 heavy (non-hydrogen) atoms. The van der Waals surface area contributed by atoms with Gasteiger partial charge in [-0.1, -0.05) is 114 Å². The van der Waals surface area contributed by atoms with Gasteiger partial charge in [0.1, 0.15) is 12.6 Å². The molecule has 0 radical (unpaired) electrons. The number of aryl methyl sites for hydroxylation is 1. The number of carbonyl (C=O) groups is 2. The van der Waals surface area contributed by atoms with Crippen LogP contribution in [-0.2, 0) is 32.6 Å². The minimum Gasteiger partial charge on any atom is -0.354 e. The van der Waals surface area contributed by atoms with Crippen molar-refractivity contribution >= 4 is 55.1 Å². The lowest BCUT2D eigenvalue weighted by atomic mass is 10.0. The lowest BCUT2D eigenvalue weighted by Gasteiger charge is -2.34. The smallest absolute Gasteiger partial charge is 0.264 e. The second kappa shape index (κ2) is 15.6. The number of carbonyl (C=O) groups excluding carboxylic acids is 2. The first-order valence-corrected chi connectivity index (χ1v) is 17.3. The molecular weight excluding hydrogens is 674 g/mol. The van der Waals surface area contributed by atoms with Crippen molar-refractivity contribution in [3.63, 3.8) is 0 Å². The van der Waals surface area contributed by atoms with E-state index in [-0.39, 0.29) is 29.7 Å². The zero-order valence-corrected chi connectivity index (χ0v) is 28.6. The van der Waals surface area contributed by atoms with Crippen molar-refractivity contribution in [2.75, 3.05) is 17.4 Å². The number of halogens is 2. The molecule has 0 heterocycles. The van der Waals surface area contributed by atoms with Crippen molar-refractivity contribution in [3.8, 4) is 0 Å². The summed E-state index contributed by atoms with van der Waals surface area (Å²) in [5.41, 5.74) is 2.70. The van der Waals surface area contributed by atoms with Gasteiger partial charge in [0, 0.05) is 29.0 Å². The van der Waals surface area contributed by atoms with Gasteiger partial charge in [0.2, 0.25) is 11.8 Å². The summed E-state index contributed by atoms with van der Waals surface area (Å²) in [7, 11) is -4.19. The van der Waals surface area contributed by atoms with Gasteiger partial charge in [-0.2, -0.15) is 0 Å². The molecule has 0 saturated heterocycles. The number of sulfonamides is 1. The number of benzene rings is 4. The SMILES string of the molecule is Cc1ccc(S(=O)(=O)N(CC(=O)N(Cc2ccccc2Cl)[C@@H](Cc2ccccc2)C(=O)NCC(C)C)c2cccc(Br)c2)cc1. The van der Waals surface area contributed by atoms with Crippen LogP contribution in [0.5, 0.6) is 0 Å². The van der Waals surface area contributed by atoms with Crippen LogP contribution >= 0.6 is 27.5 Å². The Labute approximate surface area is 279 Å². The van der Waals surface area contributed by atoms with E-state index in [1.54, 1.807) is 54.6 Å². The summed E-state index contributed by atoms with van der Waals surface area (Å²) in [5, 5.41) is 3.43. The van der Waals surface area contributed by atoms with Crippen LogP contribution in [0, 0.1) is 12.8 Å². The van der Waals surface area contributed by atoms with Crippen LogP contribution in [0.4, 0.5) is 5.69 Å². The molecule has 0 saturated carbocycles. The molecule has 1 atom stereocenters. The van der Waals surface area contributed by atoms with E-state index in [2.05, 4.69) is 21.2 Å². The van der Waals surface area contributed by atoms with Gasteiger partial charge in [-0.25, -0.2) is 8.42 Å². The van der Waals surface area contributed by atoms with Crippen LogP contribution in [0.3, 0.4) is 0 Å². The minimum absolute atomic E-state index is 0.00199. The molecule has 4 rings (SSSR count). The molecule has 0 aliphatic carbocycles. The van der Waals surface area contributed by atoms with Crippen molar-refractivity contribution in [1.29, 1.82) is 0 Å². The van der Waals surface area contributed by atoms with E-state index in [1.807, 2.05) is 57.2 Å². The molecule has 0 bridgehead atoms. The predicted molar refractivity (Wildman–Crippen MR) is 184 cm³/mol. The number of hydrogen-bond acceptors (Lipinski definition) is 4. The van der Waals surface area contributed by atoms with Crippen LogP contribution in [0.2, 0.25) is 5.02 Å². The molecule has 236 valence electrons. The van der Waals surface area contributed by atoms with Crippen LogP contribution < -0.4 is 9.62 Å². The topological polar surface area (TPSA) is 86.8 Å². The Balaban J connectivity index is 1.81. The van der Waals surface area contributed by atoms with Gasteiger partial charge < -0.3 is 10.2 Å². The molecule has 2 amide bonds. The number of nitrogens with one attached hydrogen (secondary N) is 1. The lowest BCUT2D eigenvalue weighted by Crippen LogP contribution is -2.53. The van der Waals surface area contributed by atoms with E-state index < -0.39 is 28.5 Å². The molecule has 0 aromatic heterocycles. The van der Waals surface area contributed by atoms with Gasteiger partial charge in [-0.05, 0) is 60.4 Å². The molecule has 0 aliphatic rings. The highest BCUT2D eigenvalue weighted by atomic mass is 79.9. The van der Waals surface area contributed by atoms with Crippen molar-refractivity contribution < 1.29 is 18.0 Å². The molecule has 10 heteroatoms. The first-order chi connectivity index (χ1) is 21.5. The number of rotatable bonds is 13. The van der Waals surface area contributed by atoms with E-state index in [9.17, 15) is 18.0 Å². The fraction of sp³-hybridized carbons (Fsp3) is 0.257. The van der Waals surface area contributed by atoms with Crippen LogP contribution in [0.25, 0.3) is 0 Å². The molecule has 7 nitrogen and oxygen atoms in total. The average molecular weight is 711 g/mol. The average Bonchev–Trinajstić information content (AvgIpc) is 3.01. The maximum atomic E-state index is 14.5. The summed E-state index contributed by atoms with van der Waals surface area (Å²) in [6.07, 6.45) is 0.225. The Morgan fingerprint density at radius 3 is 2.20 bits per heavy atom. The van der Waals surface area contributed by atoms with E-state index in [0.29, 0.717) is 27.3 Å². The first kappa shape index (κ1) is 34.2. The van der Waals surface area contributed by atoms with Crippen molar-refractivity contribution in [1.82, 2.24) is 10.2 Å². The predicted octanol–water partition coefficient (Wildman–Crippen LogP) is 7.02. The Hall–Kier alpha value is -3.66. The number of amides is 2. The third kappa shape index (κ3) is 9.19. The summed E-state index contributed by atoms with van der Waals surface area (Å²) in [6, 6.07) is 28.9. The van der Waals surface area contributed by atoms with Crippen LogP contribution in [0.1, 0.15) is 30.5 Å². The van der Waals surface area contributed by atoms with Crippen LogP contribution in [-0.4, -0.2) is 44.3 Å². The third-order valence-electron chi connectivity index (χ3n) is 7.24. The van der Waals surface area contributed by atoms with Crippen LogP contribution in [0.15, 0.2) is 112 Å². The molecule has 0 spiro atoms. The van der Waals surface area contributed by atoms with Gasteiger partial charge in [0.15, 0.2) is 0 Å². The lowest BCUT2D eigenvalue weighted by molar-refractivity contribution is -0.140. The molecule has 0 fully saturated rings. The molecular formula is C35H37BrClN3O4S. The molecule has 0 aliphatic heterocycles. The minimum atomic E-state index is -4.19. The normalized spacial score (nSPS) is 12.0. The number of hydrogen-bond donors (Lipinski definition) is 1. The monoisotopic (exact) mass is 709 g/mol. The number of anilines is 1. The summed E-state index contributed by atoms with van der Waals surface area (Å²) >= 11 is 9.99. The quantitative estimate of drug-likeness (QED) is 0.162. The van der Waals surface area contributed by atoms with Gasteiger partial charge in [0.05, 0.1) is 10.6 Å². The fourth-order valence-corrected chi connectivity index (χ4v) is 6.77.